The molecule has 5 nitrogen and oxygen atoms in total. The minimum atomic E-state index is -4.76. The van der Waals surface area contributed by atoms with Gasteiger partial charge < -0.3 is 9.84 Å². The number of nitrogens with zero attached hydrogens (tertiary/aromatic N) is 2. The number of hydrazone groups is 1. The van der Waals surface area contributed by atoms with Crippen molar-refractivity contribution in [3.05, 3.63) is 65.7 Å². The van der Waals surface area contributed by atoms with Crippen molar-refractivity contribution in [2.45, 2.75) is 25.2 Å². The van der Waals surface area contributed by atoms with Crippen molar-refractivity contribution in [1.29, 1.82) is 0 Å². The van der Waals surface area contributed by atoms with Gasteiger partial charge in [0, 0.05) is 5.56 Å². The number of aryl methyl sites for hydroxylation is 1. The van der Waals surface area contributed by atoms with Crippen LogP contribution in [0, 0.1) is 6.92 Å². The van der Waals surface area contributed by atoms with Gasteiger partial charge in [-0.25, -0.2) is 0 Å². The normalized spacial score (nSPS) is 19.7. The fourth-order valence-electron chi connectivity index (χ4n) is 2.73. The van der Waals surface area contributed by atoms with Crippen molar-refractivity contribution < 1.29 is 27.8 Å². The number of amides is 1. The number of ether oxygens (including phenoxy) is 1. The van der Waals surface area contributed by atoms with E-state index < -0.39 is 36.5 Å². The third kappa shape index (κ3) is 3.95. The van der Waals surface area contributed by atoms with Gasteiger partial charge in [0.15, 0.2) is 12.3 Å². The fourth-order valence-corrected chi connectivity index (χ4v) is 2.73. The molecule has 2 aromatic rings. The number of hydrogen-bond donors (Lipinski definition) is 1. The lowest BCUT2D eigenvalue weighted by Gasteiger charge is -2.31. The van der Waals surface area contributed by atoms with Crippen LogP contribution in [-0.4, -0.2) is 34.5 Å². The summed E-state index contributed by atoms with van der Waals surface area (Å²) in [6.07, 6.45) is -5.61. The van der Waals surface area contributed by atoms with Crippen LogP contribution in [0.5, 0.6) is 5.75 Å². The number of halogens is 3. The number of hydrogen-bond acceptors (Lipinski definition) is 4. The monoisotopic (exact) mass is 378 g/mol. The summed E-state index contributed by atoms with van der Waals surface area (Å²) in [5.74, 6) is -0.509. The standard InChI is InChI=1S/C19H17F3N2O3/c1-13-7-9-14(10-8-13)18(26)11-16(19(20,21)22)23-24(18)17(25)12-27-15-5-3-2-4-6-15/h2-10,26H,11-12H2,1H3. The molecule has 1 unspecified atom stereocenters. The number of benzene rings is 2. The number of para-hydroxylation sites is 1. The van der Waals surface area contributed by atoms with Gasteiger partial charge in [-0.15, -0.1) is 0 Å². The molecule has 1 amide bonds. The van der Waals surface area contributed by atoms with Crippen LogP contribution in [0.4, 0.5) is 13.2 Å². The summed E-state index contributed by atoms with van der Waals surface area (Å²) in [5.41, 5.74) is -2.44. The molecule has 1 atom stereocenters. The minimum Gasteiger partial charge on any atom is -0.484 e. The first-order chi connectivity index (χ1) is 12.7. The molecule has 2 aromatic carbocycles. The highest BCUT2D eigenvalue weighted by Crippen LogP contribution is 2.39. The van der Waals surface area contributed by atoms with E-state index in [1.807, 2.05) is 0 Å². The van der Waals surface area contributed by atoms with E-state index in [4.69, 9.17) is 4.74 Å². The zero-order chi connectivity index (χ0) is 19.7. The largest absolute Gasteiger partial charge is 0.484 e. The van der Waals surface area contributed by atoms with Gasteiger partial charge >= 0.3 is 6.18 Å². The van der Waals surface area contributed by atoms with Crippen LogP contribution >= 0.6 is 0 Å². The van der Waals surface area contributed by atoms with Crippen LogP contribution in [0.1, 0.15) is 17.5 Å². The van der Waals surface area contributed by atoms with Gasteiger partial charge in [0.05, 0.1) is 6.42 Å². The molecule has 0 aromatic heterocycles. The van der Waals surface area contributed by atoms with E-state index in [-0.39, 0.29) is 5.56 Å². The van der Waals surface area contributed by atoms with E-state index in [0.717, 1.165) is 5.56 Å². The highest BCUT2D eigenvalue weighted by atomic mass is 19.4. The van der Waals surface area contributed by atoms with Crippen molar-refractivity contribution >= 4 is 11.6 Å². The molecule has 8 heteroatoms. The molecule has 1 aliphatic rings. The van der Waals surface area contributed by atoms with Gasteiger partial charge in [0.1, 0.15) is 11.5 Å². The minimum absolute atomic E-state index is 0.143. The van der Waals surface area contributed by atoms with Gasteiger partial charge in [-0.3, -0.25) is 4.79 Å². The van der Waals surface area contributed by atoms with E-state index >= 15 is 0 Å². The van der Waals surface area contributed by atoms with Crippen molar-refractivity contribution in [3.8, 4) is 5.75 Å². The molecule has 0 saturated carbocycles. The molecule has 0 bridgehead atoms. The van der Waals surface area contributed by atoms with Gasteiger partial charge in [-0.2, -0.15) is 23.3 Å². The summed E-state index contributed by atoms with van der Waals surface area (Å²) >= 11 is 0. The van der Waals surface area contributed by atoms with Crippen LogP contribution in [0.3, 0.4) is 0 Å². The average Bonchev–Trinajstić information content (AvgIpc) is 3.00. The number of carbonyl (C=O) groups excluding carboxylic acids is 1. The first kappa shape index (κ1) is 18.9. The van der Waals surface area contributed by atoms with E-state index in [1.54, 1.807) is 49.4 Å². The van der Waals surface area contributed by atoms with Crippen LogP contribution < -0.4 is 4.74 Å². The number of alkyl halides is 3. The van der Waals surface area contributed by atoms with Crippen LogP contribution in [-0.2, 0) is 10.5 Å². The Bertz CT molecular complexity index is 851. The molecule has 0 radical (unpaired) electrons. The molecule has 0 spiro atoms. The summed E-state index contributed by atoms with van der Waals surface area (Å²) < 4.78 is 44.8. The molecule has 1 heterocycles. The second-order valence-corrected chi connectivity index (χ2v) is 6.21. The molecule has 1 N–H and O–H groups in total. The van der Waals surface area contributed by atoms with Gasteiger partial charge in [0.2, 0.25) is 0 Å². The quantitative estimate of drug-likeness (QED) is 0.887. The third-order valence-corrected chi connectivity index (χ3v) is 4.17. The van der Waals surface area contributed by atoms with Crippen molar-refractivity contribution in [1.82, 2.24) is 5.01 Å². The third-order valence-electron chi connectivity index (χ3n) is 4.17. The maximum atomic E-state index is 13.2. The Hall–Kier alpha value is -2.87. The lowest BCUT2D eigenvalue weighted by molar-refractivity contribution is -0.160. The van der Waals surface area contributed by atoms with Crippen LogP contribution in [0.25, 0.3) is 0 Å². The smallest absolute Gasteiger partial charge is 0.431 e. The molecule has 0 aliphatic carbocycles. The molecule has 0 saturated heterocycles. The highest BCUT2D eigenvalue weighted by molar-refractivity contribution is 5.94. The van der Waals surface area contributed by atoms with E-state index in [0.29, 0.717) is 10.8 Å². The van der Waals surface area contributed by atoms with Gasteiger partial charge in [-0.1, -0.05) is 48.0 Å². The average molecular weight is 378 g/mol. The highest BCUT2D eigenvalue weighted by Gasteiger charge is 2.53. The van der Waals surface area contributed by atoms with E-state index in [2.05, 4.69) is 5.10 Å². The van der Waals surface area contributed by atoms with Gasteiger partial charge in [-0.05, 0) is 19.1 Å². The maximum absolute atomic E-state index is 13.2. The summed E-state index contributed by atoms with van der Waals surface area (Å²) in [4.78, 5) is 12.5. The lowest BCUT2D eigenvalue weighted by atomic mass is 9.96. The predicted molar refractivity (Wildman–Crippen MR) is 92.0 cm³/mol. The van der Waals surface area contributed by atoms with E-state index in [9.17, 15) is 23.1 Å². The van der Waals surface area contributed by atoms with Crippen molar-refractivity contribution in [2.75, 3.05) is 6.61 Å². The molecule has 3 rings (SSSR count). The second-order valence-electron chi connectivity index (χ2n) is 6.21. The molecule has 142 valence electrons. The first-order valence-electron chi connectivity index (χ1n) is 8.15. The SMILES string of the molecule is Cc1ccc(C2(O)CC(C(F)(F)F)=NN2C(=O)COc2ccccc2)cc1. The summed E-state index contributed by atoms with van der Waals surface area (Å²) in [6.45, 7) is 1.24. The van der Waals surface area contributed by atoms with Crippen LogP contribution in [0.2, 0.25) is 0 Å². The Labute approximate surface area is 153 Å². The van der Waals surface area contributed by atoms with Crippen molar-refractivity contribution in [2.24, 2.45) is 5.10 Å². The van der Waals surface area contributed by atoms with Gasteiger partial charge in [0.25, 0.3) is 5.91 Å². The Morgan fingerprint density at radius 3 is 2.41 bits per heavy atom. The number of carbonyl (C=O) groups is 1. The molecule has 1 aliphatic heterocycles. The zero-order valence-electron chi connectivity index (χ0n) is 14.4. The predicted octanol–water partition coefficient (Wildman–Crippen LogP) is 3.37. The Morgan fingerprint density at radius 2 is 1.81 bits per heavy atom. The number of rotatable bonds is 4. The van der Waals surface area contributed by atoms with Crippen molar-refractivity contribution in [3.63, 3.8) is 0 Å². The Morgan fingerprint density at radius 1 is 1.19 bits per heavy atom. The Kier molecular flexibility index (Phi) is 4.93. The Balaban J connectivity index is 1.88. The second kappa shape index (κ2) is 7.03. The first-order valence-corrected chi connectivity index (χ1v) is 8.15. The van der Waals surface area contributed by atoms with Crippen LogP contribution in [0.15, 0.2) is 59.7 Å². The summed E-state index contributed by atoms with van der Waals surface area (Å²) in [5, 5.41) is 14.8. The fraction of sp³-hybridized carbons (Fsp3) is 0.263. The van der Waals surface area contributed by atoms with E-state index in [1.165, 1.54) is 12.1 Å². The number of aliphatic hydroxyl groups is 1. The summed E-state index contributed by atoms with van der Waals surface area (Å²) in [6, 6.07) is 14.6. The summed E-state index contributed by atoms with van der Waals surface area (Å²) in [7, 11) is 0. The molecular weight excluding hydrogens is 361 g/mol. The zero-order valence-corrected chi connectivity index (χ0v) is 14.4. The maximum Gasteiger partial charge on any atom is 0.431 e. The topological polar surface area (TPSA) is 62.1 Å². The molecular formula is C19H17F3N2O3. The molecule has 27 heavy (non-hydrogen) atoms. The molecule has 0 fully saturated rings. The lowest BCUT2D eigenvalue weighted by Crippen LogP contribution is -2.45.